The van der Waals surface area contributed by atoms with Gasteiger partial charge in [-0.15, -0.1) is 0 Å². The summed E-state index contributed by atoms with van der Waals surface area (Å²) in [5, 5.41) is 20.3. The van der Waals surface area contributed by atoms with Gasteiger partial charge in [-0.2, -0.15) is 5.26 Å². The Morgan fingerprint density at radius 3 is 2.23 bits per heavy atom. The van der Waals surface area contributed by atoms with Gasteiger partial charge in [0.05, 0.1) is 17.3 Å². The van der Waals surface area contributed by atoms with Gasteiger partial charge in [-0.05, 0) is 74.3 Å². The highest BCUT2D eigenvalue weighted by Gasteiger charge is 2.36. The third-order valence-corrected chi connectivity index (χ3v) is 13.3. The van der Waals surface area contributed by atoms with E-state index in [0.29, 0.717) is 50.5 Å². The zero-order chi connectivity index (χ0) is 47.9. The number of carbonyl (C=O) groups is 5. The number of nitriles is 1. The van der Waals surface area contributed by atoms with Crippen molar-refractivity contribution in [1.82, 2.24) is 36.1 Å². The van der Waals surface area contributed by atoms with Crippen LogP contribution in [0.4, 0.5) is 0 Å². The maximum atomic E-state index is 14.6. The first-order chi connectivity index (χ1) is 31.7. The molecule has 1 aliphatic heterocycles. The fourth-order valence-corrected chi connectivity index (χ4v) is 8.80. The standard InChI is InChI=1S/C46H57N11O7S2/c1-26(2)65-66-32-10-7-30(8-11-32)41-52-25-35(27(3)53-41)43(59)55-36(14-15-47)46(62)57(5)40-31-9-13-39(64-21-18-50)34(24-31)33-22-29(6-12-38(33)63-20-17-49)23-37(44(60)51-19-16-48)56-42(58)28(4)54-45(40)61/h6-13,22,24-26,28,36-37,40H,14-15,17-21,23,47,49-50H2,1-5H3,(H,51,60)(H,54,61)(H,55,59)(H,56,58)/t28-,36-,37-,40-/m0/s1. The number of nitrogens with zero attached hydrogens (tertiary/aromatic N) is 4. The number of hydrogen-bond donors (Lipinski definition) is 7. The fourth-order valence-electron chi connectivity index (χ4n) is 7.01. The molecule has 4 bridgehead atoms. The van der Waals surface area contributed by atoms with Crippen molar-refractivity contribution in [1.29, 1.82) is 5.26 Å². The predicted octanol–water partition coefficient (Wildman–Crippen LogP) is 2.78. The van der Waals surface area contributed by atoms with Gasteiger partial charge in [-0.1, -0.05) is 59.7 Å². The monoisotopic (exact) mass is 939 g/mol. The second-order valence-electron chi connectivity index (χ2n) is 15.6. The first-order valence-electron chi connectivity index (χ1n) is 21.4. The molecule has 0 saturated heterocycles. The van der Waals surface area contributed by atoms with Crippen molar-refractivity contribution in [3.8, 4) is 40.1 Å². The van der Waals surface area contributed by atoms with Gasteiger partial charge in [0.25, 0.3) is 5.91 Å². The third-order valence-electron chi connectivity index (χ3n) is 10.3. The zero-order valence-electron chi connectivity index (χ0n) is 37.6. The Bertz CT molecular complexity index is 2420. The number of aromatic nitrogens is 2. The second kappa shape index (κ2) is 24.3. The first kappa shape index (κ1) is 50.8. The van der Waals surface area contributed by atoms with Crippen molar-refractivity contribution in [2.24, 2.45) is 17.2 Å². The molecule has 0 radical (unpaired) electrons. The average molecular weight is 940 g/mol. The number of carbonyl (C=O) groups excluding carboxylic acids is 5. The minimum Gasteiger partial charge on any atom is -0.492 e. The zero-order valence-corrected chi connectivity index (χ0v) is 39.2. The average Bonchev–Trinajstić information content (AvgIpc) is 3.30. The third kappa shape index (κ3) is 13.2. The van der Waals surface area contributed by atoms with E-state index in [2.05, 4.69) is 45.1 Å². The van der Waals surface area contributed by atoms with Crippen LogP contribution in [0.5, 0.6) is 11.5 Å². The van der Waals surface area contributed by atoms with Crippen LogP contribution in [0, 0.1) is 18.3 Å². The molecular formula is C46H57N11O7S2. The van der Waals surface area contributed by atoms with E-state index in [1.165, 1.54) is 25.1 Å². The second-order valence-corrected chi connectivity index (χ2v) is 18.5. The van der Waals surface area contributed by atoms with Gasteiger partial charge >= 0.3 is 0 Å². The molecule has 4 atom stereocenters. The fraction of sp³-hybridized carbons (Fsp3) is 0.391. The Morgan fingerprint density at radius 1 is 0.939 bits per heavy atom. The molecule has 5 rings (SSSR count). The van der Waals surface area contributed by atoms with Crippen molar-refractivity contribution in [3.63, 3.8) is 0 Å². The summed E-state index contributed by atoms with van der Waals surface area (Å²) >= 11 is 0. The minimum atomic E-state index is -1.40. The molecular weight excluding hydrogens is 883 g/mol. The predicted molar refractivity (Wildman–Crippen MR) is 254 cm³/mol. The number of rotatable bonds is 18. The van der Waals surface area contributed by atoms with Gasteiger partial charge in [0.15, 0.2) is 5.82 Å². The molecule has 0 saturated carbocycles. The summed E-state index contributed by atoms with van der Waals surface area (Å²) in [7, 11) is 4.85. The minimum absolute atomic E-state index is 0.000505. The number of nitrogens with one attached hydrogen (secondary N) is 4. The van der Waals surface area contributed by atoms with Crippen LogP contribution in [0.2, 0.25) is 0 Å². The molecule has 0 spiro atoms. The molecule has 18 nitrogen and oxygen atoms in total. The largest absolute Gasteiger partial charge is 0.492 e. The molecule has 0 fully saturated rings. The Hall–Kier alpha value is -6.24. The summed E-state index contributed by atoms with van der Waals surface area (Å²) in [6.07, 6.45) is 1.41. The van der Waals surface area contributed by atoms with Gasteiger partial charge in [0.2, 0.25) is 23.6 Å². The number of nitrogens with two attached hydrogens (primary N) is 3. The highest BCUT2D eigenvalue weighted by atomic mass is 33.1. The van der Waals surface area contributed by atoms with E-state index in [-0.39, 0.29) is 57.8 Å². The number of amides is 5. The molecule has 2 heterocycles. The van der Waals surface area contributed by atoms with Crippen molar-refractivity contribution in [2.75, 3.05) is 46.4 Å². The first-order valence-corrected chi connectivity index (χ1v) is 23.6. The van der Waals surface area contributed by atoms with Crippen LogP contribution >= 0.6 is 21.6 Å². The van der Waals surface area contributed by atoms with Gasteiger partial charge in [0, 0.05) is 59.6 Å². The van der Waals surface area contributed by atoms with Gasteiger partial charge in [-0.3, -0.25) is 24.0 Å². The maximum absolute atomic E-state index is 14.6. The molecule has 1 aromatic heterocycles. The summed E-state index contributed by atoms with van der Waals surface area (Å²) in [5.41, 5.74) is 20.8. The number of fused-ring (bicyclic) bond motifs is 5. The molecule has 5 amide bonds. The van der Waals surface area contributed by atoms with Gasteiger partial charge in [-0.25, -0.2) is 9.97 Å². The smallest absolute Gasteiger partial charge is 0.255 e. The Kier molecular flexibility index (Phi) is 18.7. The number of likely N-dealkylation sites (N-methyl/N-ethyl adjacent to an activating group) is 1. The maximum Gasteiger partial charge on any atom is 0.255 e. The van der Waals surface area contributed by atoms with E-state index >= 15 is 0 Å². The van der Waals surface area contributed by atoms with Crippen LogP contribution in [0.15, 0.2) is 71.8 Å². The molecule has 0 unspecified atom stereocenters. The summed E-state index contributed by atoms with van der Waals surface area (Å²) in [5.74, 6) is -2.17. The van der Waals surface area contributed by atoms with Crippen LogP contribution < -0.4 is 47.9 Å². The van der Waals surface area contributed by atoms with Crippen molar-refractivity contribution < 1.29 is 33.4 Å². The van der Waals surface area contributed by atoms with Gasteiger partial charge < -0.3 is 52.8 Å². The molecule has 1 aliphatic rings. The highest BCUT2D eigenvalue weighted by Crippen LogP contribution is 2.40. The Balaban J connectivity index is 1.53. The summed E-state index contributed by atoms with van der Waals surface area (Å²) < 4.78 is 12.2. The van der Waals surface area contributed by atoms with Crippen LogP contribution in [-0.4, -0.2) is 114 Å². The van der Waals surface area contributed by atoms with E-state index in [1.807, 2.05) is 30.3 Å². The normalized spacial score (nSPS) is 16.5. The van der Waals surface area contributed by atoms with E-state index < -0.39 is 53.7 Å². The molecule has 0 aliphatic carbocycles. The molecule has 66 heavy (non-hydrogen) atoms. The summed E-state index contributed by atoms with van der Waals surface area (Å²) in [4.78, 5) is 81.5. The topological polar surface area (TPSA) is 283 Å². The lowest BCUT2D eigenvalue weighted by Crippen LogP contribution is -2.56. The quantitative estimate of drug-likeness (QED) is 0.0558. The van der Waals surface area contributed by atoms with Crippen molar-refractivity contribution >= 4 is 51.1 Å². The van der Waals surface area contributed by atoms with E-state index in [9.17, 15) is 24.0 Å². The van der Waals surface area contributed by atoms with Crippen molar-refractivity contribution in [2.45, 2.75) is 74.8 Å². The Morgan fingerprint density at radius 2 is 1.61 bits per heavy atom. The molecule has 20 heteroatoms. The number of aryl methyl sites for hydroxylation is 1. The van der Waals surface area contributed by atoms with Crippen LogP contribution in [0.25, 0.3) is 22.5 Å². The van der Waals surface area contributed by atoms with E-state index in [4.69, 9.17) is 31.9 Å². The van der Waals surface area contributed by atoms with Crippen molar-refractivity contribution in [3.05, 3.63) is 89.2 Å². The number of hydrogen-bond acceptors (Lipinski definition) is 15. The van der Waals surface area contributed by atoms with Crippen LogP contribution in [-0.2, 0) is 25.6 Å². The molecule has 4 aromatic rings. The summed E-state index contributed by atoms with van der Waals surface area (Å²) in [6, 6.07) is 14.8. The van der Waals surface area contributed by atoms with Crippen LogP contribution in [0.1, 0.15) is 60.4 Å². The lowest BCUT2D eigenvalue weighted by molar-refractivity contribution is -0.141. The van der Waals surface area contributed by atoms with Crippen LogP contribution in [0.3, 0.4) is 0 Å². The van der Waals surface area contributed by atoms with E-state index in [1.54, 1.807) is 64.9 Å². The molecule has 3 aromatic carbocycles. The molecule has 10 N–H and O–H groups in total. The number of benzene rings is 3. The van der Waals surface area contributed by atoms with Gasteiger partial charge in [0.1, 0.15) is 55.4 Å². The number of ether oxygens (including phenoxy) is 2. The molecule has 350 valence electrons. The SMILES string of the molecule is Cc1nc(-c2ccc(SSC(C)C)cc2)ncc1C(=O)N[C@@H](CCN)C(=O)N(C)[C@@H]1C(=O)N[C@@H](C)C(=O)N[C@H](C(=O)NCC#N)Cc2ccc(OCCN)c(c2)-c2cc1ccc2OCCN. The lowest BCUT2D eigenvalue weighted by atomic mass is 9.93. The highest BCUT2D eigenvalue weighted by molar-refractivity contribution is 8.76. The lowest BCUT2D eigenvalue weighted by Gasteiger charge is -2.32. The van der Waals surface area contributed by atoms with E-state index in [0.717, 1.165) is 10.5 Å². The summed E-state index contributed by atoms with van der Waals surface area (Å²) in [6.45, 7) is 7.73. The Labute approximate surface area is 392 Å².